The molecule has 4 heteroatoms. The second-order valence-electron chi connectivity index (χ2n) is 5.72. The summed E-state index contributed by atoms with van der Waals surface area (Å²) in [4.78, 5) is 20.2. The van der Waals surface area contributed by atoms with Crippen molar-refractivity contribution < 1.29 is 9.90 Å². The molecule has 1 aliphatic carbocycles. The van der Waals surface area contributed by atoms with Crippen LogP contribution < -0.4 is 0 Å². The highest BCUT2D eigenvalue weighted by molar-refractivity contribution is 5.70. The molecule has 1 aromatic heterocycles. The molecule has 2 aromatic rings. The Morgan fingerprint density at radius 2 is 1.71 bits per heavy atom. The molecule has 3 rings (SSSR count). The minimum atomic E-state index is -0.846. The fourth-order valence-corrected chi connectivity index (χ4v) is 2.88. The van der Waals surface area contributed by atoms with E-state index in [-0.39, 0.29) is 11.8 Å². The summed E-state index contributed by atoms with van der Waals surface area (Å²) in [6, 6.07) is 10.3. The van der Waals surface area contributed by atoms with Gasteiger partial charge in [-0.05, 0) is 32.3 Å². The number of carboxylic acids is 1. The molecule has 0 bridgehead atoms. The predicted octanol–water partition coefficient (Wildman–Crippen LogP) is 2.80. The topological polar surface area (TPSA) is 63.1 Å². The molecule has 1 aromatic carbocycles. The van der Waals surface area contributed by atoms with Crippen molar-refractivity contribution in [3.8, 4) is 0 Å². The average molecular weight is 282 g/mol. The Kier molecular flexibility index (Phi) is 3.24. The molecule has 1 fully saturated rings. The molecule has 0 amide bonds. The van der Waals surface area contributed by atoms with Crippen LogP contribution in [0.2, 0.25) is 0 Å². The Labute approximate surface area is 123 Å². The zero-order valence-corrected chi connectivity index (χ0v) is 12.3. The van der Waals surface area contributed by atoms with E-state index in [0.717, 1.165) is 35.6 Å². The van der Waals surface area contributed by atoms with Crippen LogP contribution in [-0.4, -0.2) is 21.0 Å². The maximum Gasteiger partial charge on any atom is 0.307 e. The van der Waals surface area contributed by atoms with Crippen LogP contribution in [0, 0.1) is 13.8 Å². The van der Waals surface area contributed by atoms with E-state index < -0.39 is 5.97 Å². The first-order chi connectivity index (χ1) is 10.0. The van der Waals surface area contributed by atoms with E-state index in [0.29, 0.717) is 0 Å². The van der Waals surface area contributed by atoms with Gasteiger partial charge in [-0.3, -0.25) is 4.79 Å². The predicted molar refractivity (Wildman–Crippen MR) is 79.3 cm³/mol. The van der Waals surface area contributed by atoms with Crippen LogP contribution in [0.15, 0.2) is 30.3 Å². The summed E-state index contributed by atoms with van der Waals surface area (Å²) < 4.78 is 0. The Balaban J connectivity index is 2.03. The summed E-state index contributed by atoms with van der Waals surface area (Å²) in [6.45, 7) is 3.75. The normalized spacial score (nSPS) is 15.7. The van der Waals surface area contributed by atoms with Crippen molar-refractivity contribution in [2.75, 3.05) is 0 Å². The first kappa shape index (κ1) is 13.7. The van der Waals surface area contributed by atoms with E-state index >= 15 is 0 Å². The fraction of sp³-hybridized carbons (Fsp3) is 0.353. The average Bonchev–Trinajstić information content (AvgIpc) is 3.25. The van der Waals surface area contributed by atoms with Crippen LogP contribution >= 0.6 is 0 Å². The minimum Gasteiger partial charge on any atom is -0.481 e. The Hall–Kier alpha value is -2.23. The molecule has 0 spiro atoms. The molecule has 0 unspecified atom stereocenters. The number of hydrogen-bond acceptors (Lipinski definition) is 3. The van der Waals surface area contributed by atoms with Gasteiger partial charge in [0, 0.05) is 17.0 Å². The van der Waals surface area contributed by atoms with Crippen molar-refractivity contribution in [1.82, 2.24) is 9.97 Å². The van der Waals surface area contributed by atoms with Crippen molar-refractivity contribution in [2.24, 2.45) is 0 Å². The highest BCUT2D eigenvalue weighted by atomic mass is 16.4. The Morgan fingerprint density at radius 1 is 1.14 bits per heavy atom. The highest BCUT2D eigenvalue weighted by Gasteiger charge is 2.48. The molecule has 1 heterocycles. The van der Waals surface area contributed by atoms with Gasteiger partial charge in [0.15, 0.2) is 0 Å². The third kappa shape index (κ3) is 2.42. The lowest BCUT2D eigenvalue weighted by atomic mass is 9.94. The van der Waals surface area contributed by atoms with Crippen LogP contribution in [-0.2, 0) is 16.6 Å². The number of rotatable bonds is 4. The first-order valence-electron chi connectivity index (χ1n) is 7.15. The summed E-state index contributed by atoms with van der Waals surface area (Å²) in [5, 5.41) is 8.98. The third-order valence-corrected chi connectivity index (χ3v) is 4.25. The summed E-state index contributed by atoms with van der Waals surface area (Å²) in [5.74, 6) is -0.0143. The van der Waals surface area contributed by atoms with Gasteiger partial charge >= 0.3 is 5.97 Å². The molecule has 21 heavy (non-hydrogen) atoms. The minimum absolute atomic E-state index is 0.0176. The van der Waals surface area contributed by atoms with Crippen LogP contribution in [0.1, 0.15) is 41.2 Å². The van der Waals surface area contributed by atoms with Crippen molar-refractivity contribution in [2.45, 2.75) is 38.5 Å². The summed E-state index contributed by atoms with van der Waals surface area (Å²) in [7, 11) is 0. The molecular weight excluding hydrogens is 264 g/mol. The van der Waals surface area contributed by atoms with Crippen molar-refractivity contribution in [3.05, 3.63) is 58.7 Å². The smallest absolute Gasteiger partial charge is 0.307 e. The number of carboxylic acid groups (broad SMARTS) is 1. The van der Waals surface area contributed by atoms with Crippen LogP contribution in [0.5, 0.6) is 0 Å². The van der Waals surface area contributed by atoms with E-state index in [1.807, 2.05) is 32.0 Å². The number of carbonyl (C=O) groups is 1. The van der Waals surface area contributed by atoms with Gasteiger partial charge < -0.3 is 5.11 Å². The van der Waals surface area contributed by atoms with Gasteiger partial charge in [0.2, 0.25) is 0 Å². The third-order valence-electron chi connectivity index (χ3n) is 4.25. The van der Waals surface area contributed by atoms with Gasteiger partial charge in [-0.2, -0.15) is 0 Å². The maximum atomic E-state index is 10.9. The standard InChI is InChI=1S/C17H18N2O2/c1-11-14(10-15(20)21)12(2)19-16(18-11)17(8-9-17)13-6-4-3-5-7-13/h3-7H,8-10H2,1-2H3,(H,20,21). The lowest BCUT2D eigenvalue weighted by Crippen LogP contribution is -2.17. The molecule has 0 atom stereocenters. The van der Waals surface area contributed by atoms with E-state index in [1.165, 1.54) is 5.56 Å². The lowest BCUT2D eigenvalue weighted by Gasteiger charge is -2.17. The Morgan fingerprint density at radius 3 is 2.19 bits per heavy atom. The molecule has 1 saturated carbocycles. The lowest BCUT2D eigenvalue weighted by molar-refractivity contribution is -0.136. The van der Waals surface area contributed by atoms with E-state index in [4.69, 9.17) is 5.11 Å². The second-order valence-corrected chi connectivity index (χ2v) is 5.72. The van der Waals surface area contributed by atoms with Crippen molar-refractivity contribution >= 4 is 5.97 Å². The fourth-order valence-electron chi connectivity index (χ4n) is 2.88. The number of benzene rings is 1. The number of aliphatic carboxylic acids is 1. The van der Waals surface area contributed by atoms with Crippen LogP contribution in [0.4, 0.5) is 0 Å². The van der Waals surface area contributed by atoms with Gasteiger partial charge in [-0.25, -0.2) is 9.97 Å². The first-order valence-corrected chi connectivity index (χ1v) is 7.15. The number of nitrogens with zero attached hydrogens (tertiary/aromatic N) is 2. The number of aromatic nitrogens is 2. The van der Waals surface area contributed by atoms with Gasteiger partial charge in [-0.1, -0.05) is 30.3 Å². The summed E-state index contributed by atoms with van der Waals surface area (Å²) in [6.07, 6.45) is 2.08. The quantitative estimate of drug-likeness (QED) is 0.936. The number of hydrogen-bond donors (Lipinski definition) is 1. The zero-order valence-electron chi connectivity index (χ0n) is 12.3. The van der Waals surface area contributed by atoms with Gasteiger partial charge in [0.25, 0.3) is 0 Å². The van der Waals surface area contributed by atoms with Gasteiger partial charge in [0.05, 0.1) is 11.8 Å². The molecule has 108 valence electrons. The molecule has 4 nitrogen and oxygen atoms in total. The molecule has 1 N–H and O–H groups in total. The zero-order chi connectivity index (χ0) is 15.0. The van der Waals surface area contributed by atoms with Crippen molar-refractivity contribution in [3.63, 3.8) is 0 Å². The van der Waals surface area contributed by atoms with E-state index in [2.05, 4.69) is 22.1 Å². The molecule has 0 radical (unpaired) electrons. The van der Waals surface area contributed by atoms with Crippen LogP contribution in [0.25, 0.3) is 0 Å². The summed E-state index contributed by atoms with van der Waals surface area (Å²) in [5.41, 5.74) is 3.47. The SMILES string of the molecule is Cc1nc(C2(c3ccccc3)CC2)nc(C)c1CC(=O)O. The van der Waals surface area contributed by atoms with E-state index in [1.54, 1.807) is 0 Å². The molecular formula is C17H18N2O2. The summed E-state index contributed by atoms with van der Waals surface area (Å²) >= 11 is 0. The highest BCUT2D eigenvalue weighted by Crippen LogP contribution is 2.52. The van der Waals surface area contributed by atoms with E-state index in [9.17, 15) is 4.79 Å². The molecule has 1 aliphatic rings. The monoisotopic (exact) mass is 282 g/mol. The second kappa shape index (κ2) is 4.95. The maximum absolute atomic E-state index is 10.9. The number of aryl methyl sites for hydroxylation is 2. The Bertz CT molecular complexity index is 668. The van der Waals surface area contributed by atoms with Gasteiger partial charge in [0.1, 0.15) is 5.82 Å². The van der Waals surface area contributed by atoms with Crippen molar-refractivity contribution in [1.29, 1.82) is 0 Å². The van der Waals surface area contributed by atoms with Gasteiger partial charge in [-0.15, -0.1) is 0 Å². The van der Waals surface area contributed by atoms with Crippen LogP contribution in [0.3, 0.4) is 0 Å². The molecule has 0 aliphatic heterocycles. The molecule has 0 saturated heterocycles. The largest absolute Gasteiger partial charge is 0.481 e.